The summed E-state index contributed by atoms with van der Waals surface area (Å²) in [6, 6.07) is 0.454. The molecule has 0 bridgehead atoms. The Balaban J connectivity index is 3.11. The molecule has 0 aromatic carbocycles. The van der Waals surface area contributed by atoms with Gasteiger partial charge in [0, 0.05) is 6.04 Å². The maximum Gasteiger partial charge on any atom is 0.00388 e. The van der Waals surface area contributed by atoms with Gasteiger partial charge in [-0.3, -0.25) is 0 Å². The number of hydrogen-bond acceptors (Lipinski definition) is 2. The van der Waals surface area contributed by atoms with Gasteiger partial charge in [0.15, 0.2) is 0 Å². The van der Waals surface area contributed by atoms with Crippen molar-refractivity contribution in [2.75, 3.05) is 0 Å². The van der Waals surface area contributed by atoms with Crippen LogP contribution in [0.15, 0.2) is 12.3 Å². The summed E-state index contributed by atoms with van der Waals surface area (Å²) in [4.78, 5) is 0. The molecule has 4 N–H and O–H groups in total. The first kappa shape index (κ1) is 19.5. The third kappa shape index (κ3) is 15.6. The van der Waals surface area contributed by atoms with Crippen molar-refractivity contribution in [1.29, 1.82) is 0 Å². The lowest BCUT2D eigenvalue weighted by molar-refractivity contribution is 0.486. The third-order valence-electron chi connectivity index (χ3n) is 4.01. The van der Waals surface area contributed by atoms with Crippen LogP contribution < -0.4 is 11.5 Å². The fraction of sp³-hybridized carbons (Fsp3) is 0.889. The molecule has 0 saturated carbocycles. The lowest BCUT2D eigenvalue weighted by atomic mass is 10.0. The molecular formula is C18H38N2. The first-order chi connectivity index (χ1) is 9.81. The molecule has 2 heteroatoms. The molecule has 0 aliphatic heterocycles. The van der Waals surface area contributed by atoms with Gasteiger partial charge in [0.25, 0.3) is 0 Å². The monoisotopic (exact) mass is 282 g/mol. The van der Waals surface area contributed by atoms with Crippen LogP contribution in [0.1, 0.15) is 96.8 Å². The summed E-state index contributed by atoms with van der Waals surface area (Å²) in [6.07, 6.45) is 22.2. The summed E-state index contributed by atoms with van der Waals surface area (Å²) in [6.45, 7) is 2.26. The highest BCUT2D eigenvalue weighted by Crippen LogP contribution is 2.13. The van der Waals surface area contributed by atoms with Gasteiger partial charge >= 0.3 is 0 Å². The molecule has 0 fully saturated rings. The zero-order chi connectivity index (χ0) is 14.9. The van der Waals surface area contributed by atoms with Gasteiger partial charge in [-0.2, -0.15) is 0 Å². The van der Waals surface area contributed by atoms with Crippen LogP contribution in [0.4, 0.5) is 0 Å². The minimum Gasteiger partial charge on any atom is -0.405 e. The molecule has 0 spiro atoms. The second-order valence-electron chi connectivity index (χ2n) is 6.09. The zero-order valence-electron chi connectivity index (χ0n) is 13.8. The van der Waals surface area contributed by atoms with Crippen LogP contribution in [0.5, 0.6) is 0 Å². The van der Waals surface area contributed by atoms with Crippen LogP contribution in [0.2, 0.25) is 0 Å². The fourth-order valence-electron chi connectivity index (χ4n) is 2.63. The van der Waals surface area contributed by atoms with Crippen molar-refractivity contribution in [2.45, 2.75) is 103 Å². The molecule has 1 atom stereocenters. The first-order valence-electron chi connectivity index (χ1n) is 8.93. The van der Waals surface area contributed by atoms with Gasteiger partial charge < -0.3 is 11.5 Å². The van der Waals surface area contributed by atoms with E-state index in [0.717, 1.165) is 6.42 Å². The molecule has 0 amide bonds. The van der Waals surface area contributed by atoms with Crippen molar-refractivity contribution in [1.82, 2.24) is 0 Å². The van der Waals surface area contributed by atoms with Crippen molar-refractivity contribution in [3.63, 3.8) is 0 Å². The quantitative estimate of drug-likeness (QED) is 0.402. The molecule has 0 radical (unpaired) electrons. The van der Waals surface area contributed by atoms with Crippen molar-refractivity contribution in [3.8, 4) is 0 Å². The number of rotatable bonds is 15. The Bertz CT molecular complexity index is 202. The molecule has 20 heavy (non-hydrogen) atoms. The number of hydrogen-bond donors (Lipinski definition) is 2. The largest absolute Gasteiger partial charge is 0.405 e. The van der Waals surface area contributed by atoms with E-state index in [4.69, 9.17) is 11.5 Å². The molecule has 0 heterocycles. The van der Waals surface area contributed by atoms with Gasteiger partial charge in [-0.25, -0.2) is 0 Å². The Morgan fingerprint density at radius 3 is 1.80 bits per heavy atom. The van der Waals surface area contributed by atoms with Crippen molar-refractivity contribution < 1.29 is 0 Å². The highest BCUT2D eigenvalue weighted by atomic mass is 14.6. The van der Waals surface area contributed by atoms with E-state index in [0.29, 0.717) is 6.04 Å². The second kappa shape index (κ2) is 16.6. The van der Waals surface area contributed by atoms with Gasteiger partial charge in [-0.15, -0.1) is 0 Å². The van der Waals surface area contributed by atoms with E-state index in [1.807, 2.05) is 0 Å². The number of nitrogens with two attached hydrogens (primary N) is 2. The molecule has 0 aromatic rings. The Kier molecular flexibility index (Phi) is 16.1. The molecule has 120 valence electrons. The van der Waals surface area contributed by atoms with E-state index in [2.05, 4.69) is 13.0 Å². The summed E-state index contributed by atoms with van der Waals surface area (Å²) in [7, 11) is 0. The highest BCUT2D eigenvalue weighted by molar-refractivity contribution is 4.74. The second-order valence-corrected chi connectivity index (χ2v) is 6.09. The molecule has 0 saturated heterocycles. The van der Waals surface area contributed by atoms with Crippen molar-refractivity contribution in [3.05, 3.63) is 12.3 Å². The normalized spacial score (nSPS) is 13.1. The van der Waals surface area contributed by atoms with E-state index in [-0.39, 0.29) is 0 Å². The van der Waals surface area contributed by atoms with Gasteiger partial charge in [0.2, 0.25) is 0 Å². The minimum atomic E-state index is 0.454. The maximum atomic E-state index is 6.15. The third-order valence-corrected chi connectivity index (χ3v) is 4.01. The molecule has 0 aliphatic rings. The van der Waals surface area contributed by atoms with Crippen LogP contribution in [-0.2, 0) is 0 Å². The Hall–Kier alpha value is -0.500. The van der Waals surface area contributed by atoms with Crippen molar-refractivity contribution in [2.24, 2.45) is 11.5 Å². The van der Waals surface area contributed by atoms with E-state index < -0.39 is 0 Å². The summed E-state index contributed by atoms with van der Waals surface area (Å²) < 4.78 is 0. The van der Waals surface area contributed by atoms with E-state index in [9.17, 15) is 0 Å². The summed E-state index contributed by atoms with van der Waals surface area (Å²) in [5.74, 6) is 0. The van der Waals surface area contributed by atoms with E-state index in [1.54, 1.807) is 6.20 Å². The average molecular weight is 283 g/mol. The first-order valence-corrected chi connectivity index (χ1v) is 8.93. The Morgan fingerprint density at radius 2 is 1.25 bits per heavy atom. The highest BCUT2D eigenvalue weighted by Gasteiger charge is 2.01. The van der Waals surface area contributed by atoms with Crippen LogP contribution in [0, 0.1) is 0 Å². The lowest BCUT2D eigenvalue weighted by Gasteiger charge is -2.11. The smallest absolute Gasteiger partial charge is 0.00388 e. The topological polar surface area (TPSA) is 52.0 Å². The number of unbranched alkanes of at least 4 members (excludes halogenated alkanes) is 10. The average Bonchev–Trinajstić information content (AvgIpc) is 2.45. The predicted molar refractivity (Wildman–Crippen MR) is 91.6 cm³/mol. The molecule has 2 nitrogen and oxygen atoms in total. The lowest BCUT2D eigenvalue weighted by Crippen LogP contribution is -2.19. The summed E-state index contributed by atoms with van der Waals surface area (Å²) in [5.41, 5.74) is 11.5. The van der Waals surface area contributed by atoms with E-state index >= 15 is 0 Å². The standard InChI is InChI=1S/C18H38N2/c1-2-3-4-12-15-18(20)16-13-10-8-6-5-7-9-11-14-17-19/h14,17-18H,2-13,15-16,19-20H2,1H3. The summed E-state index contributed by atoms with van der Waals surface area (Å²) in [5, 5.41) is 0. The molecule has 0 rings (SSSR count). The van der Waals surface area contributed by atoms with Gasteiger partial charge in [-0.1, -0.05) is 77.2 Å². The summed E-state index contributed by atoms with van der Waals surface area (Å²) >= 11 is 0. The predicted octanol–water partition coefficient (Wildman–Crippen LogP) is 5.27. The SMILES string of the molecule is CCCCCCC(N)CCCCCCCCCC=CN. The minimum absolute atomic E-state index is 0.454. The maximum absolute atomic E-state index is 6.15. The Labute approximate surface area is 127 Å². The molecular weight excluding hydrogens is 244 g/mol. The number of allylic oxidation sites excluding steroid dienone is 1. The van der Waals surface area contributed by atoms with Gasteiger partial charge in [0.05, 0.1) is 0 Å². The van der Waals surface area contributed by atoms with Crippen molar-refractivity contribution >= 4 is 0 Å². The van der Waals surface area contributed by atoms with Gasteiger partial charge in [-0.05, 0) is 31.9 Å². The fourth-order valence-corrected chi connectivity index (χ4v) is 2.63. The molecule has 0 aromatic heterocycles. The van der Waals surface area contributed by atoms with Crippen LogP contribution in [0.25, 0.3) is 0 Å². The molecule has 1 unspecified atom stereocenters. The zero-order valence-corrected chi connectivity index (χ0v) is 13.8. The Morgan fingerprint density at radius 1 is 0.750 bits per heavy atom. The van der Waals surface area contributed by atoms with E-state index in [1.165, 1.54) is 83.5 Å². The van der Waals surface area contributed by atoms with Crippen LogP contribution >= 0.6 is 0 Å². The van der Waals surface area contributed by atoms with Crippen LogP contribution in [0.3, 0.4) is 0 Å². The van der Waals surface area contributed by atoms with Gasteiger partial charge in [0.1, 0.15) is 0 Å². The molecule has 0 aliphatic carbocycles. The van der Waals surface area contributed by atoms with Crippen LogP contribution in [-0.4, -0.2) is 6.04 Å².